The molecule has 0 heterocycles. The van der Waals surface area contributed by atoms with Gasteiger partial charge in [-0.25, -0.2) is 0 Å². The average Bonchev–Trinajstić information content (AvgIpc) is 1.96. The Morgan fingerprint density at radius 3 is 2.33 bits per heavy atom. The third-order valence-corrected chi connectivity index (χ3v) is 1.94. The second-order valence-electron chi connectivity index (χ2n) is 1.86. The summed E-state index contributed by atoms with van der Waals surface area (Å²) in [4.78, 5) is 9.99. The van der Waals surface area contributed by atoms with Gasteiger partial charge in [0.25, 0.3) is 0 Å². The van der Waals surface area contributed by atoms with Crippen LogP contribution in [0.3, 0.4) is 0 Å². The van der Waals surface area contributed by atoms with E-state index in [4.69, 9.17) is 15.2 Å². The molecule has 6 heteroatoms. The van der Waals surface area contributed by atoms with E-state index in [1.54, 1.807) is 4.40 Å². The second-order valence-corrected chi connectivity index (χ2v) is 2.70. The van der Waals surface area contributed by atoms with Gasteiger partial charge in [-0.1, -0.05) is 0 Å². The number of aliphatic carboxylic acids is 1. The Morgan fingerprint density at radius 2 is 2.00 bits per heavy atom. The fourth-order valence-electron chi connectivity index (χ4n) is 0.428. The Kier molecular flexibility index (Phi) is 5.80. The molecule has 0 saturated heterocycles. The zero-order chi connectivity index (χ0) is 9.56. The van der Waals surface area contributed by atoms with E-state index < -0.39 is 13.1 Å². The van der Waals surface area contributed by atoms with Gasteiger partial charge in [0.05, 0.1) is 0 Å². The van der Waals surface area contributed by atoms with Crippen LogP contribution in [-0.2, 0) is 24.1 Å². The number of carboxylic acids is 1. The van der Waals surface area contributed by atoms with Crippen LogP contribution in [-0.4, -0.2) is 32.6 Å². The summed E-state index contributed by atoms with van der Waals surface area (Å²) < 4.78 is 1.57. The molecule has 0 spiro atoms. The summed E-state index contributed by atoms with van der Waals surface area (Å²) >= 11 is 1.06. The summed E-state index contributed by atoms with van der Waals surface area (Å²) in [6, 6.07) is 0. The molecule has 0 rings (SSSR count). The van der Waals surface area contributed by atoms with E-state index in [1.165, 1.54) is 12.2 Å². The SMILES string of the molecule is O=C(O)C=C/C=C(\[CH]=[W])B(O)O. The van der Waals surface area contributed by atoms with Gasteiger partial charge in [-0.05, 0) is 0 Å². The van der Waals surface area contributed by atoms with Crippen LogP contribution in [0.5, 0.6) is 0 Å². The van der Waals surface area contributed by atoms with Crippen LogP contribution in [0.1, 0.15) is 0 Å². The van der Waals surface area contributed by atoms with Gasteiger partial charge in [0.2, 0.25) is 0 Å². The molecule has 3 N–H and O–H groups in total. The van der Waals surface area contributed by atoms with Gasteiger partial charge < -0.3 is 0 Å². The van der Waals surface area contributed by atoms with Crippen molar-refractivity contribution in [1.29, 1.82) is 0 Å². The Morgan fingerprint density at radius 1 is 1.42 bits per heavy atom. The monoisotopic (exact) mass is 338 g/mol. The van der Waals surface area contributed by atoms with Gasteiger partial charge in [-0.2, -0.15) is 0 Å². The van der Waals surface area contributed by atoms with Crippen LogP contribution >= 0.6 is 0 Å². The van der Waals surface area contributed by atoms with Gasteiger partial charge in [0.15, 0.2) is 0 Å². The van der Waals surface area contributed by atoms with E-state index in [0.29, 0.717) is 5.47 Å². The number of hydrogen-bond acceptors (Lipinski definition) is 3. The quantitative estimate of drug-likeness (QED) is 0.346. The first kappa shape index (κ1) is 11.5. The van der Waals surface area contributed by atoms with Crippen molar-refractivity contribution in [3.05, 3.63) is 23.7 Å². The van der Waals surface area contributed by atoms with Crippen molar-refractivity contribution in [1.82, 2.24) is 0 Å². The predicted octanol–water partition coefficient (Wildman–Crippen LogP) is -1.09. The molecule has 0 aliphatic heterocycles. The van der Waals surface area contributed by atoms with Crippen molar-refractivity contribution in [3.63, 3.8) is 0 Å². The Bertz CT molecular complexity index is 234. The molecule has 0 unspecified atom stereocenters. The number of hydrogen-bond donors (Lipinski definition) is 3. The zero-order valence-corrected chi connectivity index (χ0v) is 8.98. The van der Waals surface area contributed by atoms with Crippen LogP contribution in [0.25, 0.3) is 0 Å². The first-order valence-electron chi connectivity index (χ1n) is 3.00. The molecule has 64 valence electrons. The third kappa shape index (κ3) is 5.18. The van der Waals surface area contributed by atoms with Gasteiger partial charge in [0.1, 0.15) is 0 Å². The van der Waals surface area contributed by atoms with Crippen molar-refractivity contribution in [2.45, 2.75) is 0 Å². The molecule has 0 fully saturated rings. The fourth-order valence-corrected chi connectivity index (χ4v) is 1.15. The Hall–Kier alpha value is -0.507. The van der Waals surface area contributed by atoms with Gasteiger partial charge in [0, 0.05) is 0 Å². The standard InChI is InChI=1S/C6H7BO4.W/c1-5(7(10)11)3-2-4-6(8)9;/h1-4,10-11H,(H,8,9);/b4-2?,5-3+;. The Labute approximate surface area is 80.8 Å². The number of rotatable bonds is 4. The Balaban J connectivity index is 4.31. The molecule has 0 aromatic heterocycles. The number of carbonyl (C=O) groups is 1. The number of allylic oxidation sites excluding steroid dienone is 3. The molecule has 12 heavy (non-hydrogen) atoms. The van der Waals surface area contributed by atoms with Crippen LogP contribution in [0.2, 0.25) is 0 Å². The molecule has 0 aromatic rings. The molecule has 0 atom stereocenters. The average molecular weight is 338 g/mol. The molecule has 0 aliphatic rings. The summed E-state index contributed by atoms with van der Waals surface area (Å²) in [6.45, 7) is 0. The van der Waals surface area contributed by atoms with Crippen molar-refractivity contribution in [2.24, 2.45) is 0 Å². The molecule has 4 nitrogen and oxygen atoms in total. The van der Waals surface area contributed by atoms with Crippen LogP contribution in [0.4, 0.5) is 0 Å². The van der Waals surface area contributed by atoms with E-state index >= 15 is 0 Å². The summed E-state index contributed by atoms with van der Waals surface area (Å²) in [5, 5.41) is 25.5. The van der Waals surface area contributed by atoms with Gasteiger partial charge >= 0.3 is 80.5 Å². The van der Waals surface area contributed by atoms with E-state index in [9.17, 15) is 4.79 Å². The van der Waals surface area contributed by atoms with Gasteiger partial charge in [-0.15, -0.1) is 0 Å². The van der Waals surface area contributed by atoms with E-state index in [1.807, 2.05) is 0 Å². The van der Waals surface area contributed by atoms with Crippen LogP contribution in [0, 0.1) is 0 Å². The minimum absolute atomic E-state index is 0.294. The maximum absolute atomic E-state index is 9.99. The van der Waals surface area contributed by atoms with Crippen LogP contribution in [0.15, 0.2) is 23.7 Å². The zero-order valence-electron chi connectivity index (χ0n) is 6.04. The maximum atomic E-state index is 9.99. The predicted molar refractivity (Wildman–Crippen MR) is 41.1 cm³/mol. The third-order valence-electron chi connectivity index (χ3n) is 0.962. The number of carboxylic acid groups (broad SMARTS) is 1. The molecule has 0 amide bonds. The molecule has 0 saturated carbocycles. The normalized spacial score (nSPS) is 11.7. The topological polar surface area (TPSA) is 77.8 Å². The molecule has 0 aliphatic carbocycles. The summed E-state index contributed by atoms with van der Waals surface area (Å²) in [5.74, 6) is -1.07. The van der Waals surface area contributed by atoms with Crippen molar-refractivity contribution in [3.8, 4) is 0 Å². The summed E-state index contributed by atoms with van der Waals surface area (Å²) in [5.41, 5.74) is 0.294. The molecule has 0 bridgehead atoms. The molecule has 0 radical (unpaired) electrons. The van der Waals surface area contributed by atoms with Gasteiger partial charge in [-0.3, -0.25) is 0 Å². The summed E-state index contributed by atoms with van der Waals surface area (Å²) in [6.07, 6.45) is 3.50. The van der Waals surface area contributed by atoms with Crippen LogP contribution < -0.4 is 0 Å². The van der Waals surface area contributed by atoms with E-state index in [2.05, 4.69) is 0 Å². The van der Waals surface area contributed by atoms with Crippen molar-refractivity contribution >= 4 is 17.5 Å². The summed E-state index contributed by atoms with van der Waals surface area (Å²) in [7, 11) is -1.54. The van der Waals surface area contributed by atoms with Crippen molar-refractivity contribution in [2.75, 3.05) is 0 Å². The minimum atomic E-state index is -1.54. The molecular weight excluding hydrogens is 331 g/mol. The fraction of sp³-hybridized carbons (Fsp3) is 0. The van der Waals surface area contributed by atoms with Crippen molar-refractivity contribution < 1.29 is 39.3 Å². The second kappa shape index (κ2) is 6.06. The van der Waals surface area contributed by atoms with E-state index in [0.717, 1.165) is 25.4 Å². The molecule has 0 aromatic carbocycles. The van der Waals surface area contributed by atoms with E-state index in [-0.39, 0.29) is 0 Å². The first-order valence-corrected chi connectivity index (χ1v) is 4.69. The first-order chi connectivity index (χ1) is 5.57. The molecular formula is C6H7BO4W.